The summed E-state index contributed by atoms with van der Waals surface area (Å²) in [5.41, 5.74) is 3.34. The van der Waals surface area contributed by atoms with Crippen molar-refractivity contribution in [2.75, 3.05) is 43.6 Å². The Kier molecular flexibility index (Phi) is 8.66. The summed E-state index contributed by atoms with van der Waals surface area (Å²) in [4.78, 5) is 29.5. The molecule has 0 bridgehead atoms. The molecule has 1 heterocycles. The van der Waals surface area contributed by atoms with Gasteiger partial charge in [-0.1, -0.05) is 55.6 Å². The average Bonchev–Trinajstić information content (AvgIpc) is 2.87. The van der Waals surface area contributed by atoms with Crippen LogP contribution in [0.4, 0.5) is 11.4 Å². The summed E-state index contributed by atoms with van der Waals surface area (Å²) in [5, 5.41) is 2.80. The van der Waals surface area contributed by atoms with E-state index in [1.54, 1.807) is 13.1 Å². The Morgan fingerprint density at radius 3 is 2.39 bits per heavy atom. The van der Waals surface area contributed by atoms with Gasteiger partial charge in [0, 0.05) is 41.2 Å². The number of carbonyl (C=O) groups excluding carboxylic acids is 2. The van der Waals surface area contributed by atoms with Crippen LogP contribution in [-0.2, 0) is 20.9 Å². The Morgan fingerprint density at radius 1 is 1.00 bits per heavy atom. The molecule has 1 aliphatic heterocycles. The third-order valence-electron chi connectivity index (χ3n) is 5.79. The third-order valence-corrected chi connectivity index (χ3v) is 6.77. The fraction of sp³-hybridized carbons (Fsp3) is 0.259. The first kappa shape index (κ1) is 26.2. The summed E-state index contributed by atoms with van der Waals surface area (Å²) >= 11 is 6.94. The summed E-state index contributed by atoms with van der Waals surface area (Å²) in [7, 11) is 1.60. The molecular weight excluding hydrogens is 590 g/mol. The number of amides is 2. The Hall–Kier alpha value is -2.88. The van der Waals surface area contributed by atoms with Crippen LogP contribution in [0.5, 0.6) is 11.5 Å². The summed E-state index contributed by atoms with van der Waals surface area (Å²) < 4.78 is 13.2. The fourth-order valence-corrected chi connectivity index (χ4v) is 4.55. The normalized spacial score (nSPS) is 13.3. The zero-order valence-corrected chi connectivity index (χ0v) is 23.3. The van der Waals surface area contributed by atoms with Crippen molar-refractivity contribution in [3.8, 4) is 11.5 Å². The number of rotatable bonds is 6. The number of benzene rings is 3. The van der Waals surface area contributed by atoms with Crippen molar-refractivity contribution in [1.29, 1.82) is 0 Å². The first-order valence-corrected chi connectivity index (χ1v) is 13.1. The van der Waals surface area contributed by atoms with E-state index < -0.39 is 11.8 Å². The molecule has 36 heavy (non-hydrogen) atoms. The second-order valence-electron chi connectivity index (χ2n) is 8.54. The average molecular weight is 617 g/mol. The number of carbonyl (C=O) groups is 2. The molecule has 0 spiro atoms. The van der Waals surface area contributed by atoms with Crippen molar-refractivity contribution in [2.45, 2.75) is 13.5 Å². The number of morpholine rings is 1. The number of anilines is 2. The minimum atomic E-state index is -0.705. The number of halogens is 2. The molecule has 1 saturated heterocycles. The fourth-order valence-electron chi connectivity index (χ4n) is 3.85. The number of aryl methyl sites for hydroxylation is 1. The molecule has 0 unspecified atom stereocenters. The van der Waals surface area contributed by atoms with E-state index >= 15 is 0 Å². The Labute approximate surface area is 227 Å². The minimum absolute atomic E-state index is 0.204. The Morgan fingerprint density at radius 2 is 1.67 bits per heavy atom. The molecule has 0 aromatic heterocycles. The second-order valence-corrected chi connectivity index (χ2v) is 10.4. The van der Waals surface area contributed by atoms with E-state index in [9.17, 15) is 9.59 Å². The van der Waals surface area contributed by atoms with E-state index in [1.807, 2.05) is 61.5 Å². The lowest BCUT2D eigenvalue weighted by Gasteiger charge is -2.30. The molecule has 4 rings (SSSR count). The van der Waals surface area contributed by atoms with E-state index in [4.69, 9.17) is 9.47 Å². The van der Waals surface area contributed by atoms with Crippen LogP contribution in [-0.4, -0.2) is 50.1 Å². The summed E-state index contributed by atoms with van der Waals surface area (Å²) in [6.07, 6.45) is 0. The number of hydrogen-bond donors (Lipinski definition) is 1. The number of likely N-dealkylation sites (N-methyl/N-ethyl adjacent to an activating group) is 1. The van der Waals surface area contributed by atoms with Crippen molar-refractivity contribution in [3.63, 3.8) is 0 Å². The summed E-state index contributed by atoms with van der Waals surface area (Å²) in [6.45, 7) is 4.88. The maximum atomic E-state index is 13.0. The summed E-state index contributed by atoms with van der Waals surface area (Å²) in [6, 6.07) is 19.0. The topological polar surface area (TPSA) is 71.1 Å². The van der Waals surface area contributed by atoms with E-state index in [2.05, 4.69) is 42.1 Å². The lowest BCUT2D eigenvalue weighted by molar-refractivity contribution is -0.142. The molecule has 1 fully saturated rings. The van der Waals surface area contributed by atoms with Crippen LogP contribution in [0, 0.1) is 6.92 Å². The van der Waals surface area contributed by atoms with Gasteiger partial charge in [0.1, 0.15) is 11.5 Å². The Balaban J connectivity index is 1.47. The molecule has 9 heteroatoms. The number of ether oxygens (including phenoxy) is 2. The van der Waals surface area contributed by atoms with E-state index in [0.717, 1.165) is 25.8 Å². The third kappa shape index (κ3) is 6.66. The van der Waals surface area contributed by atoms with Gasteiger partial charge in [-0.3, -0.25) is 9.59 Å². The largest absolute Gasteiger partial charge is 0.457 e. The first-order chi connectivity index (χ1) is 17.3. The molecule has 2 amide bonds. The van der Waals surface area contributed by atoms with Gasteiger partial charge in [0.25, 0.3) is 0 Å². The van der Waals surface area contributed by atoms with Crippen molar-refractivity contribution in [3.05, 3.63) is 80.7 Å². The predicted molar refractivity (Wildman–Crippen MR) is 148 cm³/mol. The van der Waals surface area contributed by atoms with Crippen molar-refractivity contribution in [1.82, 2.24) is 4.90 Å². The molecule has 0 aliphatic carbocycles. The molecule has 0 atom stereocenters. The maximum absolute atomic E-state index is 13.0. The second kappa shape index (κ2) is 11.9. The summed E-state index contributed by atoms with van der Waals surface area (Å²) in [5.74, 6) is -0.0535. The van der Waals surface area contributed by atoms with Crippen LogP contribution in [0.15, 0.2) is 69.6 Å². The van der Waals surface area contributed by atoms with Crippen LogP contribution in [0.3, 0.4) is 0 Å². The van der Waals surface area contributed by atoms with Gasteiger partial charge < -0.3 is 24.6 Å². The quantitative estimate of drug-likeness (QED) is 0.357. The molecule has 0 radical (unpaired) electrons. The van der Waals surface area contributed by atoms with Crippen LogP contribution in [0.1, 0.15) is 11.1 Å². The Bertz CT molecular complexity index is 1240. The van der Waals surface area contributed by atoms with Crippen LogP contribution >= 0.6 is 31.9 Å². The highest BCUT2D eigenvalue weighted by Gasteiger charge is 2.23. The smallest absolute Gasteiger partial charge is 0.313 e. The molecule has 7 nitrogen and oxygen atoms in total. The van der Waals surface area contributed by atoms with E-state index in [1.165, 1.54) is 4.90 Å². The molecule has 1 aliphatic rings. The van der Waals surface area contributed by atoms with Crippen LogP contribution < -0.4 is 15.0 Å². The van der Waals surface area contributed by atoms with Gasteiger partial charge in [0.2, 0.25) is 0 Å². The van der Waals surface area contributed by atoms with Gasteiger partial charge in [-0.15, -0.1) is 0 Å². The predicted octanol–water partition coefficient (Wildman–Crippen LogP) is 5.75. The van der Waals surface area contributed by atoms with Gasteiger partial charge in [0.15, 0.2) is 0 Å². The standard InChI is InChI=1S/C27H27Br2N3O4/c1-18-3-8-22(9-4-18)36-25-16-21(29)6-5-19(25)17-31(2)27(34)26(33)30-23-15-20(28)7-10-24(23)32-11-13-35-14-12-32/h3-10,15-16H,11-14,17H2,1-2H3,(H,30,33). The zero-order valence-electron chi connectivity index (χ0n) is 20.1. The molecule has 3 aromatic rings. The van der Waals surface area contributed by atoms with Gasteiger partial charge in [-0.2, -0.15) is 0 Å². The molecule has 1 N–H and O–H groups in total. The van der Waals surface area contributed by atoms with Gasteiger partial charge in [-0.05, 0) is 49.4 Å². The SMILES string of the molecule is Cc1ccc(Oc2cc(Br)ccc2CN(C)C(=O)C(=O)Nc2cc(Br)ccc2N2CCOCC2)cc1. The van der Waals surface area contributed by atoms with Crippen molar-refractivity contribution >= 4 is 55.0 Å². The monoisotopic (exact) mass is 615 g/mol. The molecule has 0 saturated carbocycles. The van der Waals surface area contributed by atoms with Crippen molar-refractivity contribution in [2.24, 2.45) is 0 Å². The van der Waals surface area contributed by atoms with E-state index in [0.29, 0.717) is 43.5 Å². The first-order valence-electron chi connectivity index (χ1n) is 11.5. The van der Waals surface area contributed by atoms with Crippen LogP contribution in [0.2, 0.25) is 0 Å². The minimum Gasteiger partial charge on any atom is -0.457 e. The van der Waals surface area contributed by atoms with Gasteiger partial charge >= 0.3 is 11.8 Å². The highest BCUT2D eigenvalue weighted by molar-refractivity contribution is 9.10. The number of nitrogens with one attached hydrogen (secondary N) is 1. The highest BCUT2D eigenvalue weighted by atomic mass is 79.9. The zero-order chi connectivity index (χ0) is 25.7. The van der Waals surface area contributed by atoms with Gasteiger partial charge in [-0.25, -0.2) is 0 Å². The lowest BCUT2D eigenvalue weighted by atomic mass is 10.2. The van der Waals surface area contributed by atoms with E-state index in [-0.39, 0.29) is 6.54 Å². The number of nitrogens with zero attached hydrogens (tertiary/aromatic N) is 2. The molecular formula is C27H27Br2N3O4. The maximum Gasteiger partial charge on any atom is 0.313 e. The molecule has 3 aromatic carbocycles. The molecule has 188 valence electrons. The number of hydrogen-bond acceptors (Lipinski definition) is 5. The van der Waals surface area contributed by atoms with Crippen LogP contribution in [0.25, 0.3) is 0 Å². The van der Waals surface area contributed by atoms with Crippen molar-refractivity contribution < 1.29 is 19.1 Å². The highest BCUT2D eigenvalue weighted by Crippen LogP contribution is 2.31. The lowest BCUT2D eigenvalue weighted by Crippen LogP contribution is -2.39. The van der Waals surface area contributed by atoms with Gasteiger partial charge in [0.05, 0.1) is 24.6 Å².